The molecule has 1 saturated heterocycles. The molecule has 0 unspecified atom stereocenters. The third-order valence-corrected chi connectivity index (χ3v) is 4.14. The highest BCUT2D eigenvalue weighted by molar-refractivity contribution is 5.96. The summed E-state index contributed by atoms with van der Waals surface area (Å²) in [4.78, 5) is 40.1. The quantitative estimate of drug-likeness (QED) is 0.854. The predicted octanol–water partition coefficient (Wildman–Crippen LogP) is 1.17. The second kappa shape index (κ2) is 7.76. The monoisotopic (exact) mass is 361 g/mol. The van der Waals surface area contributed by atoms with Crippen LogP contribution in [0.15, 0.2) is 24.3 Å². The van der Waals surface area contributed by atoms with Gasteiger partial charge in [-0.3, -0.25) is 14.4 Å². The fourth-order valence-electron chi connectivity index (χ4n) is 2.87. The van der Waals surface area contributed by atoms with Crippen LogP contribution in [-0.4, -0.2) is 59.3 Å². The number of hydrogen-bond acceptors (Lipinski definition) is 4. The lowest BCUT2D eigenvalue weighted by Gasteiger charge is -2.38. The van der Waals surface area contributed by atoms with Crippen molar-refractivity contribution in [1.29, 1.82) is 0 Å². The molecule has 142 valence electrons. The van der Waals surface area contributed by atoms with Crippen molar-refractivity contribution in [1.82, 2.24) is 15.1 Å². The van der Waals surface area contributed by atoms with Gasteiger partial charge in [-0.15, -0.1) is 0 Å². The van der Waals surface area contributed by atoms with Crippen LogP contribution < -0.4 is 10.1 Å². The first-order valence-corrected chi connectivity index (χ1v) is 8.63. The maximum absolute atomic E-state index is 12.7. The molecule has 26 heavy (non-hydrogen) atoms. The Morgan fingerprint density at radius 3 is 2.38 bits per heavy atom. The molecule has 1 aliphatic heterocycles. The van der Waals surface area contributed by atoms with E-state index in [1.54, 1.807) is 14.0 Å². The second-order valence-corrected chi connectivity index (χ2v) is 7.54. The molecule has 7 nitrogen and oxygen atoms in total. The Morgan fingerprint density at radius 1 is 1.23 bits per heavy atom. The summed E-state index contributed by atoms with van der Waals surface area (Å²) in [5.74, 6) is 0.0759. The molecule has 1 N–H and O–H groups in total. The van der Waals surface area contributed by atoms with E-state index in [9.17, 15) is 14.4 Å². The number of hydrogen-bond donors (Lipinski definition) is 1. The number of benzene rings is 1. The van der Waals surface area contributed by atoms with Crippen molar-refractivity contribution in [3.05, 3.63) is 29.8 Å². The molecule has 0 radical (unpaired) electrons. The van der Waals surface area contributed by atoms with E-state index >= 15 is 0 Å². The molecule has 1 fully saturated rings. The minimum absolute atomic E-state index is 0.0298. The van der Waals surface area contributed by atoms with Crippen molar-refractivity contribution in [3.63, 3.8) is 0 Å². The first-order chi connectivity index (χ1) is 12.1. The van der Waals surface area contributed by atoms with Crippen LogP contribution in [0.3, 0.4) is 0 Å². The highest BCUT2D eigenvalue weighted by Crippen LogP contribution is 2.18. The first-order valence-electron chi connectivity index (χ1n) is 8.63. The molecule has 0 spiro atoms. The average molecular weight is 361 g/mol. The van der Waals surface area contributed by atoms with Gasteiger partial charge >= 0.3 is 0 Å². The zero-order valence-electron chi connectivity index (χ0n) is 16.0. The normalized spacial score (nSPS) is 18.1. The SMILES string of the molecule is COc1ccc(CN2CC(=O)N(CC(=O)NC(C)(C)C)[C@@H](C)C2=O)cc1. The van der Waals surface area contributed by atoms with E-state index in [1.807, 2.05) is 45.0 Å². The van der Waals surface area contributed by atoms with Gasteiger partial charge in [-0.2, -0.15) is 0 Å². The van der Waals surface area contributed by atoms with Gasteiger partial charge in [-0.25, -0.2) is 0 Å². The number of ether oxygens (including phenoxy) is 1. The van der Waals surface area contributed by atoms with Gasteiger partial charge in [0.25, 0.3) is 0 Å². The number of rotatable bonds is 5. The number of nitrogens with one attached hydrogen (secondary N) is 1. The van der Waals surface area contributed by atoms with Crippen LogP contribution in [0.4, 0.5) is 0 Å². The van der Waals surface area contributed by atoms with E-state index in [0.29, 0.717) is 6.54 Å². The molecular weight excluding hydrogens is 334 g/mol. The van der Waals surface area contributed by atoms with Gasteiger partial charge in [0, 0.05) is 12.1 Å². The predicted molar refractivity (Wildman–Crippen MR) is 97.5 cm³/mol. The summed E-state index contributed by atoms with van der Waals surface area (Å²) >= 11 is 0. The van der Waals surface area contributed by atoms with E-state index in [1.165, 1.54) is 9.80 Å². The van der Waals surface area contributed by atoms with Crippen LogP contribution in [0.25, 0.3) is 0 Å². The molecule has 1 aromatic carbocycles. The Balaban J connectivity index is 2.02. The van der Waals surface area contributed by atoms with Gasteiger partial charge in [-0.05, 0) is 45.4 Å². The topological polar surface area (TPSA) is 79.0 Å². The van der Waals surface area contributed by atoms with Crippen LogP contribution >= 0.6 is 0 Å². The smallest absolute Gasteiger partial charge is 0.245 e. The van der Waals surface area contributed by atoms with Crippen molar-refractivity contribution >= 4 is 17.7 Å². The van der Waals surface area contributed by atoms with E-state index in [2.05, 4.69) is 5.32 Å². The summed E-state index contributed by atoms with van der Waals surface area (Å²) < 4.78 is 5.12. The third-order valence-electron chi connectivity index (χ3n) is 4.14. The maximum atomic E-state index is 12.7. The lowest BCUT2D eigenvalue weighted by molar-refractivity contribution is -0.157. The number of carbonyl (C=O) groups is 3. The van der Waals surface area contributed by atoms with Crippen LogP contribution in [0.2, 0.25) is 0 Å². The van der Waals surface area contributed by atoms with E-state index in [0.717, 1.165) is 11.3 Å². The summed E-state index contributed by atoms with van der Waals surface area (Å²) in [5.41, 5.74) is 0.530. The minimum atomic E-state index is -0.666. The largest absolute Gasteiger partial charge is 0.497 e. The summed E-state index contributed by atoms with van der Waals surface area (Å²) in [7, 11) is 1.59. The molecule has 1 heterocycles. The van der Waals surface area contributed by atoms with Gasteiger partial charge in [-0.1, -0.05) is 12.1 Å². The number of amides is 3. The first kappa shape index (κ1) is 19.8. The standard InChI is InChI=1S/C19H27N3O4/c1-13-18(25)21(10-14-6-8-15(26-5)9-7-14)12-17(24)22(13)11-16(23)20-19(2,3)4/h6-9,13H,10-12H2,1-5H3,(H,20,23)/t13-/m0/s1. The Hall–Kier alpha value is -2.57. The summed E-state index contributed by atoms with van der Waals surface area (Å²) in [6.45, 7) is 7.47. The van der Waals surface area contributed by atoms with Crippen LogP contribution in [0.5, 0.6) is 5.75 Å². The van der Waals surface area contributed by atoms with E-state index in [4.69, 9.17) is 4.74 Å². The number of piperazine rings is 1. The zero-order valence-corrected chi connectivity index (χ0v) is 16.0. The summed E-state index contributed by atoms with van der Waals surface area (Å²) in [5, 5.41) is 2.81. The number of carbonyl (C=O) groups excluding carboxylic acids is 3. The van der Waals surface area contributed by atoms with Crippen molar-refractivity contribution in [2.24, 2.45) is 0 Å². The third kappa shape index (κ3) is 4.97. The molecule has 2 rings (SSSR count). The highest BCUT2D eigenvalue weighted by Gasteiger charge is 2.37. The molecular formula is C19H27N3O4. The molecule has 0 aromatic heterocycles. The number of nitrogens with zero attached hydrogens (tertiary/aromatic N) is 2. The van der Waals surface area contributed by atoms with Crippen LogP contribution in [0, 0.1) is 0 Å². The van der Waals surface area contributed by atoms with Gasteiger partial charge in [0.15, 0.2) is 0 Å². The zero-order chi connectivity index (χ0) is 19.5. The van der Waals surface area contributed by atoms with Crippen molar-refractivity contribution < 1.29 is 19.1 Å². The molecule has 3 amide bonds. The van der Waals surface area contributed by atoms with E-state index in [-0.39, 0.29) is 36.3 Å². The average Bonchev–Trinajstić information content (AvgIpc) is 2.55. The molecule has 0 saturated carbocycles. The van der Waals surface area contributed by atoms with Crippen LogP contribution in [0.1, 0.15) is 33.3 Å². The molecule has 1 aliphatic rings. The number of methoxy groups -OCH3 is 1. The van der Waals surface area contributed by atoms with Crippen molar-refractivity contribution in [2.45, 2.75) is 45.8 Å². The van der Waals surface area contributed by atoms with Gasteiger partial charge in [0.05, 0.1) is 7.11 Å². The Morgan fingerprint density at radius 2 is 1.85 bits per heavy atom. The second-order valence-electron chi connectivity index (χ2n) is 7.54. The molecule has 1 atom stereocenters. The van der Waals surface area contributed by atoms with Crippen molar-refractivity contribution in [3.8, 4) is 5.75 Å². The Bertz CT molecular complexity index is 679. The molecule has 1 aromatic rings. The molecule has 0 aliphatic carbocycles. The fraction of sp³-hybridized carbons (Fsp3) is 0.526. The summed E-state index contributed by atoms with van der Waals surface area (Å²) in [6, 6.07) is 6.70. The fourth-order valence-corrected chi connectivity index (χ4v) is 2.87. The lowest BCUT2D eigenvalue weighted by Crippen LogP contribution is -2.60. The van der Waals surface area contributed by atoms with Gasteiger partial charge in [0.1, 0.15) is 24.9 Å². The Kier molecular flexibility index (Phi) is 5.90. The van der Waals surface area contributed by atoms with Gasteiger partial charge < -0.3 is 19.9 Å². The lowest BCUT2D eigenvalue weighted by atomic mass is 10.1. The minimum Gasteiger partial charge on any atom is -0.497 e. The van der Waals surface area contributed by atoms with Crippen molar-refractivity contribution in [2.75, 3.05) is 20.2 Å². The molecule has 7 heteroatoms. The van der Waals surface area contributed by atoms with Crippen LogP contribution in [-0.2, 0) is 20.9 Å². The highest BCUT2D eigenvalue weighted by atomic mass is 16.5. The molecule has 0 bridgehead atoms. The maximum Gasteiger partial charge on any atom is 0.245 e. The summed E-state index contributed by atoms with van der Waals surface area (Å²) in [6.07, 6.45) is 0. The van der Waals surface area contributed by atoms with Gasteiger partial charge in [0.2, 0.25) is 17.7 Å². The van der Waals surface area contributed by atoms with E-state index < -0.39 is 6.04 Å². The Labute approximate surface area is 154 Å².